The van der Waals surface area contributed by atoms with Crippen LogP contribution < -0.4 is 16.5 Å². The fourth-order valence-electron chi connectivity index (χ4n) is 3.36. The van der Waals surface area contributed by atoms with Crippen molar-refractivity contribution in [3.8, 4) is 0 Å². The minimum absolute atomic E-state index is 0.155. The number of aromatic nitrogens is 1. The van der Waals surface area contributed by atoms with Crippen LogP contribution in [0.4, 0.5) is 24.5 Å². The Kier molecular flexibility index (Phi) is 5.87. The Hall–Kier alpha value is -3.29. The summed E-state index contributed by atoms with van der Waals surface area (Å²) < 4.78 is 44.7. The molecule has 3 rings (SSSR count). The number of nitrogens with zero attached hydrogens (tertiary/aromatic N) is 1. The van der Waals surface area contributed by atoms with Crippen LogP contribution in [-0.4, -0.2) is 16.9 Å². The third kappa shape index (κ3) is 3.77. The number of carbonyl (C=O) groups is 1. The highest BCUT2D eigenvalue weighted by Gasteiger charge is 2.25. The van der Waals surface area contributed by atoms with Gasteiger partial charge in [0.25, 0.3) is 0 Å². The summed E-state index contributed by atoms with van der Waals surface area (Å²) >= 11 is 0. The van der Waals surface area contributed by atoms with Crippen LogP contribution in [0.3, 0.4) is 0 Å². The number of ketones is 1. The number of anilines is 2. The van der Waals surface area contributed by atoms with Crippen molar-refractivity contribution in [3.63, 3.8) is 0 Å². The predicted octanol–water partition coefficient (Wildman–Crippen LogP) is 4.44. The molecule has 8 heteroatoms. The van der Waals surface area contributed by atoms with Gasteiger partial charge in [0, 0.05) is 18.8 Å². The smallest absolute Gasteiger partial charge is 0.202 e. The summed E-state index contributed by atoms with van der Waals surface area (Å²) in [5.41, 5.74) is 4.54. The number of carbonyl (C=O) groups excluding carboxylic acids is 1. The highest BCUT2D eigenvalue weighted by Crippen LogP contribution is 2.34. The summed E-state index contributed by atoms with van der Waals surface area (Å²) in [5, 5.41) is 2.34. The van der Waals surface area contributed by atoms with E-state index in [1.54, 1.807) is 26.0 Å². The molecule has 5 nitrogen and oxygen atoms in total. The minimum Gasteiger partial charge on any atom is -0.396 e. The topological polar surface area (TPSA) is 77.1 Å². The molecule has 0 bridgehead atoms. The molecule has 0 amide bonds. The maximum absolute atomic E-state index is 15.4. The normalized spacial score (nSPS) is 11.3. The van der Waals surface area contributed by atoms with Crippen molar-refractivity contribution < 1.29 is 18.0 Å². The van der Waals surface area contributed by atoms with E-state index >= 15 is 4.39 Å². The van der Waals surface area contributed by atoms with E-state index in [-0.39, 0.29) is 34.9 Å². The zero-order valence-corrected chi connectivity index (χ0v) is 16.9. The summed E-state index contributed by atoms with van der Waals surface area (Å²) in [6.07, 6.45) is 1.66. The number of nitrogens with two attached hydrogens (primary N) is 1. The average molecular weight is 417 g/mol. The van der Waals surface area contributed by atoms with Gasteiger partial charge in [0.1, 0.15) is 11.5 Å². The molecule has 0 atom stereocenters. The number of pyridine rings is 1. The summed E-state index contributed by atoms with van der Waals surface area (Å²) in [6.45, 7) is 4.85. The maximum Gasteiger partial charge on any atom is 0.202 e. The summed E-state index contributed by atoms with van der Waals surface area (Å²) in [7, 11) is 0. The second-order valence-corrected chi connectivity index (χ2v) is 7.37. The third-order valence-corrected chi connectivity index (χ3v) is 4.95. The Labute approximate surface area is 171 Å². The Morgan fingerprint density at radius 3 is 2.33 bits per heavy atom. The van der Waals surface area contributed by atoms with E-state index in [0.29, 0.717) is 6.42 Å². The van der Waals surface area contributed by atoms with Crippen LogP contribution in [0.15, 0.2) is 35.3 Å². The van der Waals surface area contributed by atoms with E-state index in [1.807, 2.05) is 0 Å². The molecule has 3 aromatic rings. The number of fused-ring (bicyclic) bond motifs is 1. The van der Waals surface area contributed by atoms with E-state index in [9.17, 15) is 18.4 Å². The van der Waals surface area contributed by atoms with Crippen molar-refractivity contribution in [2.75, 3.05) is 17.6 Å². The number of nitrogen functional groups attached to an aromatic ring is 1. The molecule has 0 spiro atoms. The van der Waals surface area contributed by atoms with E-state index in [1.165, 1.54) is 29.8 Å². The van der Waals surface area contributed by atoms with Gasteiger partial charge in [-0.3, -0.25) is 9.59 Å². The molecule has 0 saturated heterocycles. The Morgan fingerprint density at radius 2 is 1.77 bits per heavy atom. The standard InChI is InChI=1S/C22H22F3N3O2/c1-11(2)28-10-15(12(3)29)22(30)16-19(26)17(24)20(18(25)21(16)28)27-9-8-13-4-6-14(23)7-5-13/h4-7,10-11,27H,8-9,26H2,1-3H3. The molecule has 0 fully saturated rings. The van der Waals surface area contributed by atoms with Crippen LogP contribution in [0.5, 0.6) is 0 Å². The first-order valence-corrected chi connectivity index (χ1v) is 9.48. The van der Waals surface area contributed by atoms with Gasteiger partial charge >= 0.3 is 0 Å². The average Bonchev–Trinajstić information content (AvgIpc) is 2.69. The van der Waals surface area contributed by atoms with Gasteiger partial charge in [-0.05, 0) is 44.9 Å². The van der Waals surface area contributed by atoms with Crippen LogP contribution in [0.2, 0.25) is 0 Å². The van der Waals surface area contributed by atoms with E-state index in [4.69, 9.17) is 5.73 Å². The summed E-state index contributed by atoms with van der Waals surface area (Å²) in [6, 6.07) is 5.45. The molecule has 0 saturated carbocycles. The van der Waals surface area contributed by atoms with Crippen LogP contribution in [0, 0.1) is 17.5 Å². The highest BCUT2D eigenvalue weighted by molar-refractivity contribution is 6.01. The van der Waals surface area contributed by atoms with Gasteiger partial charge in [0.15, 0.2) is 17.4 Å². The maximum atomic E-state index is 15.4. The van der Waals surface area contributed by atoms with E-state index in [0.717, 1.165) is 5.56 Å². The molecule has 1 heterocycles. The number of hydrogen-bond acceptors (Lipinski definition) is 4. The van der Waals surface area contributed by atoms with Gasteiger partial charge < -0.3 is 15.6 Å². The summed E-state index contributed by atoms with van der Waals surface area (Å²) in [5.74, 6) is -2.94. The first-order valence-electron chi connectivity index (χ1n) is 9.48. The van der Waals surface area contributed by atoms with Crippen molar-refractivity contribution in [2.24, 2.45) is 0 Å². The largest absolute Gasteiger partial charge is 0.396 e. The lowest BCUT2D eigenvalue weighted by atomic mass is 10.0. The molecule has 2 aromatic carbocycles. The van der Waals surface area contributed by atoms with Crippen LogP contribution in [0.25, 0.3) is 10.9 Å². The molecule has 0 aliphatic carbocycles. The van der Waals surface area contributed by atoms with Crippen molar-refractivity contribution in [1.82, 2.24) is 4.57 Å². The molecule has 3 N–H and O–H groups in total. The molecule has 1 aromatic heterocycles. The van der Waals surface area contributed by atoms with Crippen molar-refractivity contribution >= 4 is 28.1 Å². The Morgan fingerprint density at radius 1 is 1.13 bits per heavy atom. The zero-order valence-electron chi connectivity index (χ0n) is 16.9. The molecular weight excluding hydrogens is 395 g/mol. The van der Waals surface area contributed by atoms with Gasteiger partial charge in [-0.2, -0.15) is 0 Å². The molecule has 0 unspecified atom stereocenters. The van der Waals surface area contributed by atoms with Crippen LogP contribution in [-0.2, 0) is 6.42 Å². The number of Topliss-reactive ketones (excluding diaryl/α,β-unsaturated/α-hetero) is 1. The first kappa shape index (κ1) is 21.4. The molecule has 0 radical (unpaired) electrons. The van der Waals surface area contributed by atoms with Gasteiger partial charge in [0.2, 0.25) is 5.43 Å². The van der Waals surface area contributed by atoms with Gasteiger partial charge in [-0.15, -0.1) is 0 Å². The van der Waals surface area contributed by atoms with Crippen molar-refractivity contribution in [1.29, 1.82) is 0 Å². The number of benzene rings is 2. The van der Waals surface area contributed by atoms with E-state index in [2.05, 4.69) is 5.32 Å². The first-order chi connectivity index (χ1) is 14.1. The van der Waals surface area contributed by atoms with Gasteiger partial charge in [-0.1, -0.05) is 12.1 Å². The second kappa shape index (κ2) is 8.22. The SMILES string of the molecule is CC(=O)c1cn(C(C)C)c2c(F)c(NCCc3ccc(F)cc3)c(F)c(N)c2c1=O. The van der Waals surface area contributed by atoms with Crippen LogP contribution in [0.1, 0.15) is 42.7 Å². The van der Waals surface area contributed by atoms with Crippen molar-refractivity contribution in [2.45, 2.75) is 33.2 Å². The van der Waals surface area contributed by atoms with Gasteiger partial charge in [-0.25, -0.2) is 13.2 Å². The number of halogens is 3. The summed E-state index contributed by atoms with van der Waals surface area (Å²) in [4.78, 5) is 24.6. The number of nitrogens with one attached hydrogen (secondary N) is 1. The predicted molar refractivity (Wildman–Crippen MR) is 112 cm³/mol. The lowest BCUT2D eigenvalue weighted by Gasteiger charge is -2.20. The van der Waals surface area contributed by atoms with Crippen molar-refractivity contribution in [3.05, 3.63) is 69.3 Å². The number of rotatable bonds is 6. The Bertz CT molecular complexity index is 1190. The molecule has 158 valence electrons. The fourth-order valence-corrected chi connectivity index (χ4v) is 3.36. The molecule has 30 heavy (non-hydrogen) atoms. The minimum atomic E-state index is -1.09. The second-order valence-electron chi connectivity index (χ2n) is 7.37. The van der Waals surface area contributed by atoms with Gasteiger partial charge in [0.05, 0.1) is 22.2 Å². The molecular formula is C22H22F3N3O2. The molecule has 0 aliphatic rings. The van der Waals surface area contributed by atoms with E-state index < -0.39 is 34.2 Å². The highest BCUT2D eigenvalue weighted by atomic mass is 19.1. The number of hydrogen-bond donors (Lipinski definition) is 2. The quantitative estimate of drug-likeness (QED) is 0.459. The lowest BCUT2D eigenvalue weighted by Crippen LogP contribution is -2.22. The van der Waals surface area contributed by atoms with Crippen LogP contribution >= 0.6 is 0 Å². The fraction of sp³-hybridized carbons (Fsp3) is 0.273. The Balaban J connectivity index is 2.11. The zero-order chi connectivity index (χ0) is 22.2. The molecule has 0 aliphatic heterocycles. The monoisotopic (exact) mass is 417 g/mol. The lowest BCUT2D eigenvalue weighted by molar-refractivity contribution is 0.101. The third-order valence-electron chi connectivity index (χ3n) is 4.95.